The molecule has 0 spiro atoms. The topological polar surface area (TPSA) is 43.8 Å². The van der Waals surface area contributed by atoms with Gasteiger partial charge in [-0.3, -0.25) is 0 Å². The Balaban J connectivity index is 2.36. The van der Waals surface area contributed by atoms with Crippen molar-refractivity contribution in [2.45, 2.75) is 45.1 Å². The second-order valence-corrected chi connectivity index (χ2v) is 4.86. The van der Waals surface area contributed by atoms with Crippen LogP contribution in [0.2, 0.25) is 0 Å². The van der Waals surface area contributed by atoms with E-state index in [1.165, 1.54) is 29.0 Å². The van der Waals surface area contributed by atoms with Crippen molar-refractivity contribution in [1.82, 2.24) is 9.55 Å². The molecule has 1 atom stereocenters. The van der Waals surface area contributed by atoms with Gasteiger partial charge in [-0.1, -0.05) is 6.92 Å². The molecular weight excluding hydrogens is 254 g/mol. The fraction of sp³-hybridized carbons (Fsp3) is 0.727. The summed E-state index contributed by atoms with van der Waals surface area (Å²) in [5.41, 5.74) is 6.85. The second-order valence-electron chi connectivity index (χ2n) is 4.11. The summed E-state index contributed by atoms with van der Waals surface area (Å²) in [6.07, 6.45) is 5.65. The third kappa shape index (κ3) is 1.97. The van der Waals surface area contributed by atoms with Crippen LogP contribution in [-0.2, 0) is 12.8 Å². The minimum Gasteiger partial charge on any atom is -0.330 e. The van der Waals surface area contributed by atoms with Gasteiger partial charge in [0.2, 0.25) is 0 Å². The molecule has 1 unspecified atom stereocenters. The zero-order valence-corrected chi connectivity index (χ0v) is 10.8. The van der Waals surface area contributed by atoms with Gasteiger partial charge >= 0.3 is 0 Å². The van der Waals surface area contributed by atoms with E-state index in [9.17, 15) is 0 Å². The molecule has 1 aliphatic rings. The minimum absolute atomic E-state index is 0.556. The molecule has 0 aromatic carbocycles. The van der Waals surface area contributed by atoms with Crippen LogP contribution in [0.15, 0.2) is 4.60 Å². The molecular formula is C11H18BrN3. The molecule has 3 nitrogen and oxygen atoms in total. The Bertz CT molecular complexity index is 346. The molecule has 0 fully saturated rings. The van der Waals surface area contributed by atoms with Crippen molar-refractivity contribution < 1.29 is 0 Å². The first-order chi connectivity index (χ1) is 7.27. The lowest BCUT2D eigenvalue weighted by atomic mass is 10.0. The van der Waals surface area contributed by atoms with E-state index in [0.717, 1.165) is 25.8 Å². The van der Waals surface area contributed by atoms with Gasteiger partial charge in [-0.2, -0.15) is 0 Å². The summed E-state index contributed by atoms with van der Waals surface area (Å²) < 4.78 is 3.54. The van der Waals surface area contributed by atoms with Gasteiger partial charge in [0.15, 0.2) is 0 Å². The van der Waals surface area contributed by atoms with Crippen LogP contribution in [0.25, 0.3) is 0 Å². The summed E-state index contributed by atoms with van der Waals surface area (Å²) in [7, 11) is 0. The molecule has 15 heavy (non-hydrogen) atoms. The number of nitrogens with zero attached hydrogens (tertiary/aromatic N) is 2. The van der Waals surface area contributed by atoms with E-state index < -0.39 is 0 Å². The number of fused-ring (bicyclic) bond motifs is 1. The maximum absolute atomic E-state index is 5.66. The number of imidazole rings is 1. The maximum atomic E-state index is 5.66. The van der Waals surface area contributed by atoms with E-state index in [2.05, 4.69) is 32.4 Å². The van der Waals surface area contributed by atoms with Crippen molar-refractivity contribution in [2.75, 3.05) is 6.54 Å². The van der Waals surface area contributed by atoms with E-state index in [1.807, 2.05) is 0 Å². The first-order valence-corrected chi connectivity index (χ1v) is 6.52. The molecule has 0 saturated heterocycles. The molecule has 1 aliphatic heterocycles. The molecule has 1 aromatic rings. The fourth-order valence-electron chi connectivity index (χ4n) is 2.37. The number of aryl methyl sites for hydroxylation is 2. The van der Waals surface area contributed by atoms with Crippen LogP contribution < -0.4 is 5.73 Å². The quantitative estimate of drug-likeness (QED) is 0.918. The van der Waals surface area contributed by atoms with Crippen molar-refractivity contribution in [3.05, 3.63) is 16.1 Å². The Kier molecular flexibility index (Phi) is 3.46. The number of aromatic nitrogens is 2. The minimum atomic E-state index is 0.556. The molecule has 0 bridgehead atoms. The lowest BCUT2D eigenvalue weighted by molar-refractivity contribution is 0.374. The van der Waals surface area contributed by atoms with Crippen LogP contribution in [0.4, 0.5) is 0 Å². The predicted molar refractivity (Wildman–Crippen MR) is 65.0 cm³/mol. The molecule has 0 saturated carbocycles. The Morgan fingerprint density at radius 2 is 2.40 bits per heavy atom. The Labute approximate surface area is 99.2 Å². The van der Waals surface area contributed by atoms with E-state index in [4.69, 9.17) is 5.73 Å². The highest BCUT2D eigenvalue weighted by atomic mass is 79.9. The molecule has 0 amide bonds. The highest BCUT2D eigenvalue weighted by Crippen LogP contribution is 2.32. The predicted octanol–water partition coefficient (Wildman–Crippen LogP) is 2.43. The van der Waals surface area contributed by atoms with Crippen molar-refractivity contribution in [1.29, 1.82) is 0 Å². The Hall–Kier alpha value is -0.350. The molecule has 2 heterocycles. The summed E-state index contributed by atoms with van der Waals surface area (Å²) in [4.78, 5) is 4.68. The van der Waals surface area contributed by atoms with Crippen LogP contribution in [-0.4, -0.2) is 16.1 Å². The van der Waals surface area contributed by atoms with Crippen LogP contribution >= 0.6 is 15.9 Å². The van der Waals surface area contributed by atoms with Gasteiger partial charge in [0.05, 0.1) is 5.69 Å². The van der Waals surface area contributed by atoms with E-state index in [-0.39, 0.29) is 0 Å². The monoisotopic (exact) mass is 271 g/mol. The Morgan fingerprint density at radius 1 is 1.60 bits per heavy atom. The maximum Gasteiger partial charge on any atom is 0.110 e. The average Bonchev–Trinajstić information content (AvgIpc) is 2.57. The largest absolute Gasteiger partial charge is 0.330 e. The third-order valence-electron chi connectivity index (χ3n) is 3.13. The average molecular weight is 272 g/mol. The van der Waals surface area contributed by atoms with Crippen molar-refractivity contribution in [2.24, 2.45) is 5.73 Å². The van der Waals surface area contributed by atoms with Gasteiger partial charge in [-0.05, 0) is 48.2 Å². The van der Waals surface area contributed by atoms with E-state index in [1.54, 1.807) is 0 Å². The van der Waals surface area contributed by atoms with Crippen molar-refractivity contribution >= 4 is 15.9 Å². The molecule has 1 aromatic heterocycles. The number of halogens is 1. The fourth-order valence-corrected chi connectivity index (χ4v) is 3.23. The van der Waals surface area contributed by atoms with Crippen LogP contribution in [0, 0.1) is 0 Å². The highest BCUT2D eigenvalue weighted by Gasteiger charge is 2.24. The van der Waals surface area contributed by atoms with Crippen LogP contribution in [0.3, 0.4) is 0 Å². The van der Waals surface area contributed by atoms with Gasteiger partial charge < -0.3 is 10.3 Å². The first-order valence-electron chi connectivity index (χ1n) is 5.73. The second kappa shape index (κ2) is 4.66. The smallest absolute Gasteiger partial charge is 0.110 e. The first kappa shape index (κ1) is 11.1. The Morgan fingerprint density at radius 3 is 3.07 bits per heavy atom. The lowest BCUT2D eigenvalue weighted by Gasteiger charge is -2.25. The number of nitrogens with two attached hydrogens (primary N) is 1. The van der Waals surface area contributed by atoms with Gasteiger partial charge in [0, 0.05) is 12.5 Å². The summed E-state index contributed by atoms with van der Waals surface area (Å²) in [5.74, 6) is 1.24. The molecule has 84 valence electrons. The highest BCUT2D eigenvalue weighted by molar-refractivity contribution is 9.10. The number of hydrogen-bond donors (Lipinski definition) is 1. The summed E-state index contributed by atoms with van der Waals surface area (Å²) in [6.45, 7) is 2.91. The lowest BCUT2D eigenvalue weighted by Crippen LogP contribution is -2.20. The normalized spacial score (nSPS) is 20.3. The van der Waals surface area contributed by atoms with Crippen molar-refractivity contribution in [3.8, 4) is 0 Å². The van der Waals surface area contributed by atoms with E-state index in [0.29, 0.717) is 6.04 Å². The van der Waals surface area contributed by atoms with Crippen LogP contribution in [0.5, 0.6) is 0 Å². The summed E-state index contributed by atoms with van der Waals surface area (Å²) in [6, 6.07) is 0.556. The zero-order chi connectivity index (χ0) is 10.8. The van der Waals surface area contributed by atoms with Crippen molar-refractivity contribution in [3.63, 3.8) is 0 Å². The third-order valence-corrected chi connectivity index (χ3v) is 3.97. The zero-order valence-electron chi connectivity index (χ0n) is 9.17. The van der Waals surface area contributed by atoms with E-state index >= 15 is 0 Å². The van der Waals surface area contributed by atoms with Crippen LogP contribution in [0.1, 0.15) is 43.7 Å². The van der Waals surface area contributed by atoms with Gasteiger partial charge in [0.1, 0.15) is 10.4 Å². The number of rotatable bonds is 3. The SMILES string of the molecule is CCc1nc2n(c1Br)C(CCN)CCC2. The number of hydrogen-bond acceptors (Lipinski definition) is 2. The van der Waals surface area contributed by atoms with Gasteiger partial charge in [-0.15, -0.1) is 0 Å². The van der Waals surface area contributed by atoms with Gasteiger partial charge in [-0.25, -0.2) is 4.98 Å². The van der Waals surface area contributed by atoms with Gasteiger partial charge in [0.25, 0.3) is 0 Å². The summed E-state index contributed by atoms with van der Waals surface area (Å²) >= 11 is 3.67. The molecule has 4 heteroatoms. The molecule has 2 rings (SSSR count). The molecule has 0 radical (unpaired) electrons. The molecule has 0 aliphatic carbocycles. The standard InChI is InChI=1S/C11H18BrN3/c1-2-9-11(12)15-8(6-7-13)4-3-5-10(15)14-9/h8H,2-7,13H2,1H3. The summed E-state index contributed by atoms with van der Waals surface area (Å²) in [5, 5.41) is 0. The molecule has 2 N–H and O–H groups in total.